The lowest BCUT2D eigenvalue weighted by atomic mass is 10.1. The average Bonchev–Trinajstić information content (AvgIpc) is 2.35. The number of hydrogen-bond acceptors (Lipinski definition) is 3. The summed E-state index contributed by atoms with van der Waals surface area (Å²) < 4.78 is 17.3. The Morgan fingerprint density at radius 1 is 1.50 bits per heavy atom. The predicted octanol–water partition coefficient (Wildman–Crippen LogP) is 1.70. The van der Waals surface area contributed by atoms with E-state index in [2.05, 4.69) is 4.74 Å². The number of rotatable bonds is 4. The second kappa shape index (κ2) is 6.02. The number of hydrogen-bond donors (Lipinski definition) is 1. The van der Waals surface area contributed by atoms with Crippen molar-refractivity contribution in [3.63, 3.8) is 0 Å². The van der Waals surface area contributed by atoms with Gasteiger partial charge in [0.2, 0.25) is 6.17 Å². The number of ether oxygens (including phenoxy) is 1. The van der Waals surface area contributed by atoms with Crippen LogP contribution in [0.5, 0.6) is 0 Å². The molecule has 0 aliphatic carbocycles. The Labute approximate surface area is 93.2 Å². The van der Waals surface area contributed by atoms with Crippen molar-refractivity contribution < 1.29 is 19.0 Å². The Morgan fingerprint density at radius 2 is 2.12 bits per heavy atom. The molecule has 0 saturated carbocycles. The van der Waals surface area contributed by atoms with E-state index >= 15 is 0 Å². The molecule has 86 valence electrons. The van der Waals surface area contributed by atoms with E-state index in [4.69, 9.17) is 5.11 Å². The maximum Gasteiger partial charge on any atom is 0.344 e. The summed E-state index contributed by atoms with van der Waals surface area (Å²) in [6, 6.07) is 6.91. The molecular formula is C12H13FO3. The lowest BCUT2D eigenvalue weighted by molar-refractivity contribution is -0.144. The van der Waals surface area contributed by atoms with E-state index in [1.54, 1.807) is 24.3 Å². The molecule has 0 aromatic heterocycles. The summed E-state index contributed by atoms with van der Waals surface area (Å²) in [7, 11) is 1.14. The molecule has 0 spiro atoms. The topological polar surface area (TPSA) is 46.5 Å². The molecule has 1 aromatic rings. The van der Waals surface area contributed by atoms with Gasteiger partial charge in [0, 0.05) is 0 Å². The minimum Gasteiger partial charge on any atom is -0.467 e. The van der Waals surface area contributed by atoms with Crippen LogP contribution in [0.2, 0.25) is 0 Å². The highest BCUT2D eigenvalue weighted by atomic mass is 19.1. The fourth-order valence-electron chi connectivity index (χ4n) is 1.12. The van der Waals surface area contributed by atoms with Crippen LogP contribution in [0.3, 0.4) is 0 Å². The zero-order valence-corrected chi connectivity index (χ0v) is 8.89. The fourth-order valence-corrected chi connectivity index (χ4v) is 1.12. The third-order valence-corrected chi connectivity index (χ3v) is 2.05. The van der Waals surface area contributed by atoms with Crippen LogP contribution in [0.25, 0.3) is 6.08 Å². The number of carbonyl (C=O) groups is 1. The first-order valence-corrected chi connectivity index (χ1v) is 4.77. The number of esters is 1. The Hall–Kier alpha value is -1.68. The van der Waals surface area contributed by atoms with Crippen LogP contribution in [0.1, 0.15) is 11.1 Å². The van der Waals surface area contributed by atoms with E-state index in [-0.39, 0.29) is 6.61 Å². The number of aliphatic hydroxyl groups is 1. The Balaban J connectivity index is 2.65. The van der Waals surface area contributed by atoms with E-state index < -0.39 is 12.1 Å². The van der Waals surface area contributed by atoms with Crippen molar-refractivity contribution >= 4 is 12.0 Å². The number of carbonyl (C=O) groups excluding carboxylic acids is 1. The number of alkyl halides is 1. The van der Waals surface area contributed by atoms with Gasteiger partial charge in [0.05, 0.1) is 13.7 Å². The highest BCUT2D eigenvalue weighted by molar-refractivity contribution is 5.78. The van der Waals surface area contributed by atoms with Crippen molar-refractivity contribution in [3.05, 3.63) is 41.5 Å². The van der Waals surface area contributed by atoms with E-state index in [1.165, 1.54) is 6.08 Å². The van der Waals surface area contributed by atoms with Crippen molar-refractivity contribution in [1.29, 1.82) is 0 Å². The zero-order chi connectivity index (χ0) is 12.0. The summed E-state index contributed by atoms with van der Waals surface area (Å²) in [6.07, 6.45) is 0.866. The molecule has 1 rings (SSSR count). The van der Waals surface area contributed by atoms with E-state index in [9.17, 15) is 9.18 Å². The van der Waals surface area contributed by atoms with Crippen molar-refractivity contribution in [2.45, 2.75) is 12.8 Å². The molecule has 0 bridgehead atoms. The fraction of sp³-hybridized carbons (Fsp3) is 0.250. The maximum atomic E-state index is 13.0. The van der Waals surface area contributed by atoms with Gasteiger partial charge in [-0.2, -0.15) is 0 Å². The third-order valence-electron chi connectivity index (χ3n) is 2.05. The Kier molecular flexibility index (Phi) is 4.66. The molecule has 0 amide bonds. The lowest BCUT2D eigenvalue weighted by Gasteiger charge is -2.00. The van der Waals surface area contributed by atoms with Gasteiger partial charge in [-0.1, -0.05) is 30.3 Å². The standard InChI is InChI=1S/C12H13FO3/c1-16-12(15)11(13)7-6-9-2-4-10(8-14)5-3-9/h2-7,11,14H,8H2,1H3/b7-6+/t11-/m1/s1. The first-order chi connectivity index (χ1) is 7.67. The smallest absolute Gasteiger partial charge is 0.344 e. The lowest BCUT2D eigenvalue weighted by Crippen LogP contribution is -2.13. The molecular weight excluding hydrogens is 211 g/mol. The Bertz CT molecular complexity index is 370. The van der Waals surface area contributed by atoms with Crippen molar-refractivity contribution in [2.75, 3.05) is 7.11 Å². The number of benzene rings is 1. The molecule has 0 unspecified atom stereocenters. The van der Waals surface area contributed by atoms with Crippen molar-refractivity contribution in [3.8, 4) is 0 Å². The molecule has 1 aromatic carbocycles. The molecule has 3 nitrogen and oxygen atoms in total. The summed E-state index contributed by atoms with van der Waals surface area (Å²) in [5.41, 5.74) is 1.53. The highest BCUT2D eigenvalue weighted by Crippen LogP contribution is 2.08. The van der Waals surface area contributed by atoms with Gasteiger partial charge < -0.3 is 9.84 Å². The summed E-state index contributed by atoms with van der Waals surface area (Å²) in [4.78, 5) is 10.8. The first kappa shape index (κ1) is 12.4. The zero-order valence-electron chi connectivity index (χ0n) is 8.89. The number of methoxy groups -OCH3 is 1. The summed E-state index contributed by atoms with van der Waals surface area (Å²) in [6.45, 7) is -0.0299. The summed E-state index contributed by atoms with van der Waals surface area (Å²) >= 11 is 0. The number of halogens is 1. The van der Waals surface area contributed by atoms with E-state index in [0.717, 1.165) is 24.3 Å². The van der Waals surface area contributed by atoms with Crippen molar-refractivity contribution in [1.82, 2.24) is 0 Å². The normalized spacial score (nSPS) is 12.7. The first-order valence-electron chi connectivity index (χ1n) is 4.77. The van der Waals surface area contributed by atoms with Crippen LogP contribution in [0.15, 0.2) is 30.3 Å². The quantitative estimate of drug-likeness (QED) is 0.792. The van der Waals surface area contributed by atoms with Crippen LogP contribution in [-0.2, 0) is 16.1 Å². The van der Waals surface area contributed by atoms with Gasteiger partial charge in [-0.05, 0) is 17.2 Å². The minimum absolute atomic E-state index is 0.0299. The summed E-state index contributed by atoms with van der Waals surface area (Å²) in [5, 5.41) is 8.81. The van der Waals surface area contributed by atoms with Crippen LogP contribution in [0, 0.1) is 0 Å². The highest BCUT2D eigenvalue weighted by Gasteiger charge is 2.12. The SMILES string of the molecule is COC(=O)[C@H](F)/C=C/c1ccc(CO)cc1. The Morgan fingerprint density at radius 3 is 2.62 bits per heavy atom. The van der Waals surface area contributed by atoms with Gasteiger partial charge in [-0.15, -0.1) is 0 Å². The van der Waals surface area contributed by atoms with Gasteiger partial charge in [0.15, 0.2) is 0 Å². The molecule has 1 atom stereocenters. The second-order valence-corrected chi connectivity index (χ2v) is 3.18. The second-order valence-electron chi connectivity index (χ2n) is 3.18. The van der Waals surface area contributed by atoms with Crippen LogP contribution in [-0.4, -0.2) is 24.4 Å². The molecule has 0 saturated heterocycles. The molecule has 4 heteroatoms. The van der Waals surface area contributed by atoms with Gasteiger partial charge in [0.1, 0.15) is 0 Å². The average molecular weight is 224 g/mol. The van der Waals surface area contributed by atoms with E-state index in [1.807, 2.05) is 0 Å². The van der Waals surface area contributed by atoms with Crippen LogP contribution >= 0.6 is 0 Å². The largest absolute Gasteiger partial charge is 0.467 e. The van der Waals surface area contributed by atoms with Crippen molar-refractivity contribution in [2.24, 2.45) is 0 Å². The third kappa shape index (κ3) is 3.47. The molecule has 16 heavy (non-hydrogen) atoms. The number of aliphatic hydroxyl groups excluding tert-OH is 1. The molecule has 0 aliphatic heterocycles. The molecule has 0 radical (unpaired) electrons. The molecule has 1 N–H and O–H groups in total. The molecule has 0 fully saturated rings. The minimum atomic E-state index is -1.75. The van der Waals surface area contributed by atoms with Gasteiger partial charge in [-0.3, -0.25) is 0 Å². The van der Waals surface area contributed by atoms with Gasteiger partial charge in [0.25, 0.3) is 0 Å². The summed E-state index contributed by atoms with van der Waals surface area (Å²) in [5.74, 6) is -0.914. The van der Waals surface area contributed by atoms with E-state index in [0.29, 0.717) is 0 Å². The molecule has 0 aliphatic rings. The molecule has 0 heterocycles. The van der Waals surface area contributed by atoms with Crippen LogP contribution in [0.4, 0.5) is 4.39 Å². The predicted molar refractivity (Wildman–Crippen MR) is 58.3 cm³/mol. The van der Waals surface area contributed by atoms with Gasteiger partial charge >= 0.3 is 5.97 Å². The van der Waals surface area contributed by atoms with Gasteiger partial charge in [-0.25, -0.2) is 9.18 Å². The van der Waals surface area contributed by atoms with Crippen LogP contribution < -0.4 is 0 Å². The maximum absolute atomic E-state index is 13.0. The monoisotopic (exact) mass is 224 g/mol.